The molecule has 0 atom stereocenters. The number of carbonyl (C=O) groups is 2. The first-order valence-corrected chi connectivity index (χ1v) is 16.4. The normalized spacial score (nSPS) is 11.8. The van der Waals surface area contributed by atoms with Crippen LogP contribution in [0.4, 0.5) is 0 Å². The van der Waals surface area contributed by atoms with E-state index < -0.39 is 0 Å². The lowest BCUT2D eigenvalue weighted by Crippen LogP contribution is -2.13. The molecule has 3 nitrogen and oxygen atoms in total. The molecule has 0 aliphatic heterocycles. The molecule has 49 heavy (non-hydrogen) atoms. The number of benzene rings is 10. The van der Waals surface area contributed by atoms with E-state index in [0.717, 1.165) is 64.6 Å². The number of para-hydroxylation sites is 1. The predicted molar refractivity (Wildman–Crippen MR) is 200 cm³/mol. The molecule has 0 spiro atoms. The van der Waals surface area contributed by atoms with Gasteiger partial charge in [-0.2, -0.15) is 0 Å². The zero-order valence-corrected chi connectivity index (χ0v) is 26.2. The molecule has 0 bridgehead atoms. The summed E-state index contributed by atoms with van der Waals surface area (Å²) in [4.78, 5) is 29.9. The highest BCUT2D eigenvalue weighted by Crippen LogP contribution is 2.40. The highest BCUT2D eigenvalue weighted by molar-refractivity contribution is 6.32. The van der Waals surface area contributed by atoms with Crippen LogP contribution in [-0.4, -0.2) is 11.6 Å². The molecule has 0 aliphatic carbocycles. The number of rotatable bonds is 6. The van der Waals surface area contributed by atoms with Crippen molar-refractivity contribution in [3.8, 4) is 11.5 Å². The van der Waals surface area contributed by atoms with Crippen molar-refractivity contribution in [3.63, 3.8) is 0 Å². The van der Waals surface area contributed by atoms with Gasteiger partial charge in [-0.3, -0.25) is 9.59 Å². The topological polar surface area (TPSA) is 43.4 Å². The minimum Gasteiger partial charge on any atom is -0.457 e. The SMILES string of the molecule is O=C(c1cccc(Oc2ccccc2)c1C(=O)c1ccc2ccc3cccc4ccc1c2c34)c1ccc2ccc3cccc4ccc1c2c34. The zero-order chi connectivity index (χ0) is 32.6. The van der Waals surface area contributed by atoms with Gasteiger partial charge >= 0.3 is 0 Å². The van der Waals surface area contributed by atoms with E-state index >= 15 is 4.79 Å². The van der Waals surface area contributed by atoms with Gasteiger partial charge in [-0.25, -0.2) is 0 Å². The lowest BCUT2D eigenvalue weighted by Gasteiger charge is -2.18. The van der Waals surface area contributed by atoms with E-state index in [2.05, 4.69) is 72.8 Å². The summed E-state index contributed by atoms with van der Waals surface area (Å²) < 4.78 is 6.41. The van der Waals surface area contributed by atoms with Crippen LogP contribution in [-0.2, 0) is 0 Å². The molecule has 10 aromatic carbocycles. The van der Waals surface area contributed by atoms with Crippen LogP contribution in [0.1, 0.15) is 31.8 Å². The van der Waals surface area contributed by atoms with Gasteiger partial charge in [0.2, 0.25) is 0 Å². The van der Waals surface area contributed by atoms with Gasteiger partial charge in [0.1, 0.15) is 11.5 Å². The van der Waals surface area contributed by atoms with E-state index in [1.807, 2.05) is 66.7 Å². The third-order valence-corrected chi connectivity index (χ3v) is 10.0. The molecule has 10 aromatic rings. The molecule has 0 saturated heterocycles. The van der Waals surface area contributed by atoms with Crippen molar-refractivity contribution in [2.45, 2.75) is 0 Å². The molecule has 0 radical (unpaired) electrons. The van der Waals surface area contributed by atoms with Crippen LogP contribution in [0.2, 0.25) is 0 Å². The second-order valence-electron chi connectivity index (χ2n) is 12.7. The summed E-state index contributed by atoms with van der Waals surface area (Å²) >= 11 is 0. The number of ether oxygens (including phenoxy) is 1. The number of hydrogen-bond donors (Lipinski definition) is 0. The van der Waals surface area contributed by atoms with Crippen molar-refractivity contribution < 1.29 is 14.3 Å². The maximum atomic E-state index is 15.1. The van der Waals surface area contributed by atoms with Crippen LogP contribution >= 0.6 is 0 Å². The first-order chi connectivity index (χ1) is 24.1. The van der Waals surface area contributed by atoms with Crippen LogP contribution in [0, 0.1) is 0 Å². The summed E-state index contributed by atoms with van der Waals surface area (Å²) in [5.74, 6) is 0.438. The molecule has 0 N–H and O–H groups in total. The number of ketones is 2. The third-order valence-electron chi connectivity index (χ3n) is 10.0. The number of carbonyl (C=O) groups excluding carboxylic acids is 2. The van der Waals surface area contributed by atoms with Crippen LogP contribution in [0.3, 0.4) is 0 Å². The molecule has 0 aliphatic rings. The van der Waals surface area contributed by atoms with Gasteiger partial charge < -0.3 is 4.74 Å². The van der Waals surface area contributed by atoms with E-state index in [4.69, 9.17) is 4.74 Å². The quantitative estimate of drug-likeness (QED) is 0.136. The molecule has 3 heteroatoms. The summed E-state index contributed by atoms with van der Waals surface area (Å²) in [6.07, 6.45) is 0. The average molecular weight is 627 g/mol. The van der Waals surface area contributed by atoms with Crippen molar-refractivity contribution in [2.75, 3.05) is 0 Å². The lowest BCUT2D eigenvalue weighted by molar-refractivity contribution is 0.100. The molecule has 0 heterocycles. The van der Waals surface area contributed by atoms with E-state index in [9.17, 15) is 4.79 Å². The Hall–Kier alpha value is -6.58. The molecule has 0 amide bonds. The van der Waals surface area contributed by atoms with Crippen LogP contribution < -0.4 is 4.74 Å². The Labute approximate surface area is 281 Å². The van der Waals surface area contributed by atoms with E-state index in [-0.39, 0.29) is 17.1 Å². The Morgan fingerprint density at radius 1 is 0.347 bits per heavy atom. The summed E-state index contributed by atoms with van der Waals surface area (Å²) in [6, 6.07) is 51.7. The fourth-order valence-corrected chi connectivity index (χ4v) is 7.80. The minimum absolute atomic E-state index is 0.225. The highest BCUT2D eigenvalue weighted by atomic mass is 16.5. The first-order valence-electron chi connectivity index (χ1n) is 16.4. The van der Waals surface area contributed by atoms with Gasteiger partial charge in [0, 0.05) is 16.7 Å². The molecular formula is C46H26O3. The lowest BCUT2D eigenvalue weighted by atomic mass is 9.86. The Bertz CT molecular complexity index is 2910. The minimum atomic E-state index is -0.259. The molecule has 0 saturated carbocycles. The van der Waals surface area contributed by atoms with Crippen molar-refractivity contribution in [2.24, 2.45) is 0 Å². The van der Waals surface area contributed by atoms with E-state index in [1.165, 1.54) is 0 Å². The monoisotopic (exact) mass is 626 g/mol. The first kappa shape index (κ1) is 27.5. The maximum absolute atomic E-state index is 15.1. The maximum Gasteiger partial charge on any atom is 0.198 e. The summed E-state index contributed by atoms with van der Waals surface area (Å²) in [6.45, 7) is 0. The van der Waals surface area contributed by atoms with Crippen LogP contribution in [0.25, 0.3) is 64.6 Å². The third kappa shape index (κ3) is 4.09. The fraction of sp³-hybridized carbons (Fsp3) is 0. The van der Waals surface area contributed by atoms with Crippen molar-refractivity contribution in [1.82, 2.24) is 0 Å². The van der Waals surface area contributed by atoms with Gasteiger partial charge in [0.15, 0.2) is 11.6 Å². The fourth-order valence-electron chi connectivity index (χ4n) is 7.80. The standard InChI is InChI=1S/C46H26O3/c47-45(36-25-21-31-17-15-27-7-4-9-29-19-23-34(36)42(31)40(27)29)38-13-6-14-39(49-33-11-2-1-3-12-33)44(38)46(48)37-26-22-32-18-16-28-8-5-10-30-20-24-35(37)43(32)41(28)30/h1-26H. The van der Waals surface area contributed by atoms with Crippen molar-refractivity contribution >= 4 is 76.2 Å². The highest BCUT2D eigenvalue weighted by Gasteiger charge is 2.27. The predicted octanol–water partition coefficient (Wildman–Crippen LogP) is 11.7. The van der Waals surface area contributed by atoms with Gasteiger partial charge in [0.05, 0.1) is 5.56 Å². The van der Waals surface area contributed by atoms with Crippen molar-refractivity contribution in [1.29, 1.82) is 0 Å². The molecule has 10 rings (SSSR count). The molecule has 0 unspecified atom stereocenters. The summed E-state index contributed by atoms with van der Waals surface area (Å²) in [7, 11) is 0. The van der Waals surface area contributed by atoms with Gasteiger partial charge in [-0.05, 0) is 95.0 Å². The smallest absolute Gasteiger partial charge is 0.198 e. The molecule has 0 fully saturated rings. The molecule has 0 aromatic heterocycles. The van der Waals surface area contributed by atoms with Crippen LogP contribution in [0.15, 0.2) is 158 Å². The largest absolute Gasteiger partial charge is 0.457 e. The second-order valence-corrected chi connectivity index (χ2v) is 12.7. The van der Waals surface area contributed by atoms with Gasteiger partial charge in [0.25, 0.3) is 0 Å². The average Bonchev–Trinajstić information content (AvgIpc) is 3.15. The Kier molecular flexibility index (Phi) is 5.88. The molecule has 228 valence electrons. The summed E-state index contributed by atoms with van der Waals surface area (Å²) in [5, 5.41) is 12.7. The van der Waals surface area contributed by atoms with E-state index in [1.54, 1.807) is 18.2 Å². The Morgan fingerprint density at radius 2 is 0.796 bits per heavy atom. The van der Waals surface area contributed by atoms with Gasteiger partial charge in [-0.1, -0.05) is 127 Å². The zero-order valence-electron chi connectivity index (χ0n) is 26.2. The van der Waals surface area contributed by atoms with Crippen LogP contribution in [0.5, 0.6) is 11.5 Å². The van der Waals surface area contributed by atoms with E-state index in [0.29, 0.717) is 28.2 Å². The number of hydrogen-bond acceptors (Lipinski definition) is 3. The Balaban J connectivity index is 1.21. The van der Waals surface area contributed by atoms with Gasteiger partial charge in [-0.15, -0.1) is 0 Å². The van der Waals surface area contributed by atoms with Crippen molar-refractivity contribution in [3.05, 3.63) is 180 Å². The second kappa shape index (κ2) is 10.5. The molecular weight excluding hydrogens is 601 g/mol. The Morgan fingerprint density at radius 3 is 1.35 bits per heavy atom. The summed E-state index contributed by atoms with van der Waals surface area (Å²) in [5.41, 5.74) is 1.63.